The number of fused-ring (bicyclic) bond motifs is 5. The van der Waals surface area contributed by atoms with Crippen molar-refractivity contribution in [2.75, 3.05) is 7.11 Å². The van der Waals surface area contributed by atoms with Crippen molar-refractivity contribution in [1.29, 1.82) is 0 Å². The van der Waals surface area contributed by atoms with E-state index in [1.165, 1.54) is 32.7 Å². The zero-order valence-electron chi connectivity index (χ0n) is 19.9. The molecule has 3 aliphatic rings. The Balaban J connectivity index is 0.000000313. The molecule has 174 valence electrons. The molecule has 2 aliphatic carbocycles. The lowest BCUT2D eigenvalue weighted by atomic mass is 9.82. The van der Waals surface area contributed by atoms with Crippen LogP contribution in [0, 0.1) is 5.92 Å². The monoisotopic (exact) mass is 459 g/mol. The number of ether oxygens (including phenoxy) is 1. The van der Waals surface area contributed by atoms with Crippen LogP contribution < -0.4 is 20.5 Å². The molecule has 0 spiro atoms. The zero-order chi connectivity index (χ0) is 24.0. The summed E-state index contributed by atoms with van der Waals surface area (Å²) in [5.74, 6) is 0.900. The third kappa shape index (κ3) is 4.90. The van der Waals surface area contributed by atoms with E-state index in [4.69, 9.17) is 4.74 Å². The highest BCUT2D eigenvalue weighted by atomic mass is 16.5. The van der Waals surface area contributed by atoms with Crippen LogP contribution in [0.1, 0.15) is 27.9 Å². The predicted octanol–water partition coefficient (Wildman–Crippen LogP) is 5.10. The Morgan fingerprint density at radius 3 is 2.37 bits per heavy atom. The molecule has 0 radical (unpaired) electrons. The van der Waals surface area contributed by atoms with Gasteiger partial charge in [-0.25, -0.2) is 0 Å². The normalized spacial score (nSPS) is 16.5. The average Bonchev–Trinajstić information content (AvgIpc) is 3.26. The van der Waals surface area contributed by atoms with Gasteiger partial charge in [0.1, 0.15) is 5.75 Å². The van der Waals surface area contributed by atoms with Crippen LogP contribution in [0.25, 0.3) is 23.3 Å². The number of aryl methyl sites for hydroxylation is 1. The number of benzene rings is 3. The molecule has 0 amide bonds. The minimum Gasteiger partial charge on any atom is -0.497 e. The lowest BCUT2D eigenvalue weighted by molar-refractivity contribution is 0.0946. The molecule has 3 aromatic rings. The molecule has 1 heterocycles. The summed E-state index contributed by atoms with van der Waals surface area (Å²) in [6.45, 7) is 0. The van der Waals surface area contributed by atoms with Crippen molar-refractivity contribution in [2.24, 2.45) is 5.92 Å². The van der Waals surface area contributed by atoms with Gasteiger partial charge in [-0.05, 0) is 88.4 Å². The van der Waals surface area contributed by atoms with Gasteiger partial charge in [-0.3, -0.25) is 4.79 Å². The van der Waals surface area contributed by atoms with Crippen molar-refractivity contribution in [3.05, 3.63) is 124 Å². The second kappa shape index (κ2) is 10.4. The molecule has 1 aliphatic heterocycles. The van der Waals surface area contributed by atoms with E-state index in [0.29, 0.717) is 0 Å². The summed E-state index contributed by atoms with van der Waals surface area (Å²) < 4.78 is 5.21. The Morgan fingerprint density at radius 1 is 0.829 bits per heavy atom. The van der Waals surface area contributed by atoms with E-state index >= 15 is 0 Å². The lowest BCUT2D eigenvalue weighted by Crippen LogP contribution is -2.37. The van der Waals surface area contributed by atoms with E-state index < -0.39 is 0 Å². The smallest absolute Gasteiger partial charge is 0.169 e. The maximum atomic E-state index is 13.1. The molecule has 0 bridgehead atoms. The third-order valence-electron chi connectivity index (χ3n) is 6.73. The predicted molar refractivity (Wildman–Crippen MR) is 143 cm³/mol. The van der Waals surface area contributed by atoms with Crippen molar-refractivity contribution in [3.8, 4) is 16.9 Å². The molecule has 35 heavy (non-hydrogen) atoms. The first-order valence-corrected chi connectivity index (χ1v) is 12.1. The van der Waals surface area contributed by atoms with E-state index in [0.717, 1.165) is 30.6 Å². The Hall–Kier alpha value is -4.11. The van der Waals surface area contributed by atoms with Crippen LogP contribution in [0.5, 0.6) is 5.75 Å². The number of ketones is 1. The van der Waals surface area contributed by atoms with Gasteiger partial charge in [0.2, 0.25) is 0 Å². The summed E-state index contributed by atoms with van der Waals surface area (Å²) in [7, 11) is 1.64. The van der Waals surface area contributed by atoms with Gasteiger partial charge in [-0.15, -0.1) is 0 Å². The third-order valence-corrected chi connectivity index (χ3v) is 6.73. The fourth-order valence-electron chi connectivity index (χ4n) is 4.90. The molecule has 0 saturated carbocycles. The number of hydrogen-bond donors (Lipinski definition) is 1. The van der Waals surface area contributed by atoms with Gasteiger partial charge < -0.3 is 10.1 Å². The van der Waals surface area contributed by atoms with Gasteiger partial charge >= 0.3 is 0 Å². The highest BCUT2D eigenvalue weighted by Gasteiger charge is 2.23. The van der Waals surface area contributed by atoms with Gasteiger partial charge in [0, 0.05) is 23.9 Å². The number of allylic oxidation sites excluding steroid dienone is 4. The molecular formula is C32H29NO2. The second-order valence-corrected chi connectivity index (χ2v) is 8.84. The average molecular weight is 460 g/mol. The molecule has 0 aromatic heterocycles. The largest absolute Gasteiger partial charge is 0.497 e. The van der Waals surface area contributed by atoms with E-state index in [1.807, 2.05) is 61.0 Å². The van der Waals surface area contributed by atoms with Crippen LogP contribution >= 0.6 is 0 Å². The summed E-state index contributed by atoms with van der Waals surface area (Å²) in [5, 5.41) is 5.47. The molecule has 1 N–H and O–H groups in total. The van der Waals surface area contributed by atoms with Gasteiger partial charge in [0.25, 0.3) is 0 Å². The number of methoxy groups -OCH3 is 1. The second-order valence-electron chi connectivity index (χ2n) is 8.84. The van der Waals surface area contributed by atoms with Crippen LogP contribution in [-0.2, 0) is 12.8 Å². The van der Waals surface area contributed by atoms with E-state index in [1.54, 1.807) is 7.11 Å². The summed E-state index contributed by atoms with van der Waals surface area (Å²) in [5.41, 5.74) is 6.09. The molecule has 1 unspecified atom stereocenters. The topological polar surface area (TPSA) is 38.3 Å². The van der Waals surface area contributed by atoms with E-state index in [9.17, 15) is 4.79 Å². The molecule has 3 heteroatoms. The quantitative estimate of drug-likeness (QED) is 0.554. The van der Waals surface area contributed by atoms with Crippen LogP contribution in [0.15, 0.2) is 97.4 Å². The van der Waals surface area contributed by atoms with E-state index in [2.05, 4.69) is 53.9 Å². The highest BCUT2D eigenvalue weighted by molar-refractivity contribution is 6.01. The van der Waals surface area contributed by atoms with Gasteiger partial charge in [-0.2, -0.15) is 0 Å². The highest BCUT2D eigenvalue weighted by Crippen LogP contribution is 2.26. The fraction of sp³-hybridized carbons (Fsp3) is 0.156. The molecule has 3 aromatic carbocycles. The summed E-state index contributed by atoms with van der Waals surface area (Å²) >= 11 is 0. The minimum absolute atomic E-state index is 0.0713. The first kappa shape index (κ1) is 22.7. The summed E-state index contributed by atoms with van der Waals surface area (Å²) in [6.07, 6.45) is 18.9. The molecular weight excluding hydrogens is 430 g/mol. The van der Waals surface area contributed by atoms with Gasteiger partial charge in [0.05, 0.1) is 7.11 Å². The Bertz CT molecular complexity index is 1430. The number of carbonyl (C=O) groups is 1. The lowest BCUT2D eigenvalue weighted by Gasteiger charge is -2.21. The SMILES string of the molecule is C1=CC=CNC=C1.COc1ccc(C(=O)C2C=c3c(ccc4c3=CCc3ccccc3-4)CC2)cc1. The number of hydrogen-bond acceptors (Lipinski definition) is 3. The van der Waals surface area contributed by atoms with Crippen molar-refractivity contribution in [3.63, 3.8) is 0 Å². The first-order valence-electron chi connectivity index (χ1n) is 12.1. The van der Waals surface area contributed by atoms with Crippen molar-refractivity contribution in [2.45, 2.75) is 19.3 Å². The van der Waals surface area contributed by atoms with E-state index in [-0.39, 0.29) is 11.7 Å². The number of rotatable bonds is 3. The first-order chi connectivity index (χ1) is 17.2. The van der Waals surface area contributed by atoms with Crippen molar-refractivity contribution >= 4 is 17.9 Å². The summed E-state index contributed by atoms with van der Waals surface area (Å²) in [6, 6.07) is 20.6. The maximum absolute atomic E-state index is 13.1. The van der Waals surface area contributed by atoms with Crippen LogP contribution in [0.4, 0.5) is 0 Å². The standard InChI is InChI=1S/C26H22O2.C6H7N/c1-28-21-12-8-19(9-13-21)26(27)20-7-6-18-11-14-23-22-5-3-2-4-17(22)10-15-24(23)25(18)16-20;1-2-4-6-7-5-3-1/h2-5,8-9,11-16,20H,6-7,10H2,1H3;1-7H. The van der Waals surface area contributed by atoms with Crippen molar-refractivity contribution in [1.82, 2.24) is 5.32 Å². The van der Waals surface area contributed by atoms with Crippen LogP contribution in [0.3, 0.4) is 0 Å². The van der Waals surface area contributed by atoms with Crippen LogP contribution in [-0.4, -0.2) is 12.9 Å². The number of carbonyl (C=O) groups excluding carboxylic acids is 1. The van der Waals surface area contributed by atoms with Crippen LogP contribution in [0.2, 0.25) is 0 Å². The maximum Gasteiger partial charge on any atom is 0.169 e. The Labute approximate surface area is 206 Å². The Kier molecular flexibility index (Phi) is 6.76. The molecule has 0 fully saturated rings. The zero-order valence-corrected chi connectivity index (χ0v) is 19.9. The Morgan fingerprint density at radius 2 is 1.60 bits per heavy atom. The van der Waals surface area contributed by atoms with Crippen molar-refractivity contribution < 1.29 is 9.53 Å². The summed E-state index contributed by atoms with van der Waals surface area (Å²) in [4.78, 5) is 13.1. The number of nitrogens with one attached hydrogen (secondary N) is 1. The van der Waals surface area contributed by atoms with Gasteiger partial charge in [0.15, 0.2) is 5.78 Å². The molecule has 0 saturated heterocycles. The molecule has 6 rings (SSSR count). The minimum atomic E-state index is -0.0713. The molecule has 3 nitrogen and oxygen atoms in total. The fourth-order valence-corrected chi connectivity index (χ4v) is 4.90. The van der Waals surface area contributed by atoms with Gasteiger partial charge in [-0.1, -0.05) is 60.7 Å². The number of Topliss-reactive ketones (excluding diaryl/α,β-unsaturated/α-hetero) is 1. The molecule has 1 atom stereocenters.